The molecule has 0 aliphatic carbocycles. The molecule has 0 bridgehead atoms. The van der Waals surface area contributed by atoms with E-state index in [9.17, 15) is 4.79 Å². The lowest BCUT2D eigenvalue weighted by atomic mass is 10.0. The molecule has 0 aliphatic heterocycles. The molecule has 4 nitrogen and oxygen atoms in total. The number of Topliss-reactive ketones (excluding diaryl/α,β-unsaturated/α-hetero) is 1. The largest absolute Gasteiger partial charge is 0.293 e. The number of aromatic nitrogens is 3. The van der Waals surface area contributed by atoms with Crippen molar-refractivity contribution in [2.45, 2.75) is 24.9 Å². The molecule has 6 heteroatoms. The summed E-state index contributed by atoms with van der Waals surface area (Å²) in [5.74, 6) is 1.53. The number of carbonyl (C=O) groups excluding carboxylic acids is 1. The molecule has 1 N–H and O–H groups in total. The van der Waals surface area contributed by atoms with E-state index in [1.807, 2.05) is 48.5 Å². The fourth-order valence-corrected chi connectivity index (χ4v) is 3.52. The van der Waals surface area contributed by atoms with Crippen molar-refractivity contribution in [1.82, 2.24) is 15.2 Å². The quantitative estimate of drug-likeness (QED) is 0.436. The highest BCUT2D eigenvalue weighted by Gasteiger charge is 2.12. The minimum atomic E-state index is 0.0764. The summed E-state index contributed by atoms with van der Waals surface area (Å²) < 4.78 is 0.948. The van der Waals surface area contributed by atoms with Crippen molar-refractivity contribution in [3.8, 4) is 11.4 Å². The van der Waals surface area contributed by atoms with E-state index < -0.39 is 0 Å². The molecule has 0 fully saturated rings. The van der Waals surface area contributed by atoms with Crippen LogP contribution in [0.2, 0.25) is 0 Å². The highest BCUT2D eigenvalue weighted by atomic mass is 79.9. The Morgan fingerprint density at radius 1 is 1.16 bits per heavy atom. The van der Waals surface area contributed by atoms with E-state index in [0.717, 1.165) is 15.6 Å². The van der Waals surface area contributed by atoms with Gasteiger partial charge in [0.25, 0.3) is 0 Å². The standard InChI is InChI=1S/C19H18BrN3OS/c1-12(2)13-7-9-14(10-8-13)17(24)11-25-19-21-18(22-23-19)15-5-3-4-6-16(15)20/h3-10,12H,11H2,1-2H3,(H,21,22,23). The van der Waals surface area contributed by atoms with Gasteiger partial charge in [0.1, 0.15) is 0 Å². The summed E-state index contributed by atoms with van der Waals surface area (Å²) in [6.45, 7) is 4.27. The van der Waals surface area contributed by atoms with E-state index in [-0.39, 0.29) is 5.78 Å². The Hall–Kier alpha value is -1.92. The molecule has 25 heavy (non-hydrogen) atoms. The van der Waals surface area contributed by atoms with Gasteiger partial charge < -0.3 is 0 Å². The van der Waals surface area contributed by atoms with Gasteiger partial charge in [-0.2, -0.15) is 0 Å². The summed E-state index contributed by atoms with van der Waals surface area (Å²) in [5.41, 5.74) is 2.90. The van der Waals surface area contributed by atoms with Crippen LogP contribution in [0.1, 0.15) is 35.7 Å². The first-order valence-corrected chi connectivity index (χ1v) is 9.75. The molecular formula is C19H18BrN3OS. The molecule has 2 aromatic carbocycles. The van der Waals surface area contributed by atoms with E-state index in [2.05, 4.69) is 45.0 Å². The molecule has 0 atom stereocenters. The topological polar surface area (TPSA) is 58.6 Å². The lowest BCUT2D eigenvalue weighted by Crippen LogP contribution is -2.03. The molecule has 0 unspecified atom stereocenters. The van der Waals surface area contributed by atoms with Crippen molar-refractivity contribution >= 4 is 33.5 Å². The maximum absolute atomic E-state index is 12.3. The summed E-state index contributed by atoms with van der Waals surface area (Å²) >= 11 is 4.84. The zero-order valence-electron chi connectivity index (χ0n) is 14.0. The number of nitrogens with one attached hydrogen (secondary N) is 1. The predicted molar refractivity (Wildman–Crippen MR) is 105 cm³/mol. The van der Waals surface area contributed by atoms with Crippen LogP contribution in [-0.4, -0.2) is 26.7 Å². The number of H-pyrrole nitrogens is 1. The van der Waals surface area contributed by atoms with Gasteiger partial charge in [-0.05, 0) is 17.5 Å². The third-order valence-corrected chi connectivity index (χ3v) is 5.36. The average molecular weight is 416 g/mol. The first-order chi connectivity index (χ1) is 12.0. The second-order valence-corrected chi connectivity index (χ2v) is 7.73. The lowest BCUT2D eigenvalue weighted by Gasteiger charge is -2.05. The van der Waals surface area contributed by atoms with Crippen molar-refractivity contribution in [1.29, 1.82) is 0 Å². The summed E-state index contributed by atoms with van der Waals surface area (Å²) in [4.78, 5) is 16.8. The Balaban J connectivity index is 1.64. The van der Waals surface area contributed by atoms with Gasteiger partial charge in [0.05, 0.1) is 5.75 Å². The molecule has 0 saturated heterocycles. The van der Waals surface area contributed by atoms with Gasteiger partial charge >= 0.3 is 0 Å². The zero-order chi connectivity index (χ0) is 17.8. The Bertz CT molecular complexity index is 874. The Labute approximate surface area is 159 Å². The van der Waals surface area contributed by atoms with Crippen molar-refractivity contribution in [3.05, 3.63) is 64.1 Å². The third kappa shape index (κ3) is 4.38. The van der Waals surface area contributed by atoms with Crippen LogP contribution in [0.5, 0.6) is 0 Å². The summed E-state index contributed by atoms with van der Waals surface area (Å²) in [7, 11) is 0. The van der Waals surface area contributed by atoms with E-state index in [1.165, 1.54) is 17.3 Å². The minimum Gasteiger partial charge on any atom is -0.293 e. The molecule has 3 rings (SSSR count). The number of carbonyl (C=O) groups is 1. The molecule has 1 aromatic heterocycles. The first-order valence-electron chi connectivity index (χ1n) is 7.98. The molecular weight excluding hydrogens is 398 g/mol. The van der Waals surface area contributed by atoms with Gasteiger partial charge in [-0.3, -0.25) is 9.89 Å². The third-order valence-electron chi connectivity index (χ3n) is 3.83. The first kappa shape index (κ1) is 17.9. The van der Waals surface area contributed by atoms with Crippen LogP contribution in [0.4, 0.5) is 0 Å². The van der Waals surface area contributed by atoms with E-state index in [4.69, 9.17) is 0 Å². The van der Waals surface area contributed by atoms with Crippen LogP contribution >= 0.6 is 27.7 Å². The number of rotatable bonds is 6. The van der Waals surface area contributed by atoms with E-state index in [0.29, 0.717) is 22.7 Å². The van der Waals surface area contributed by atoms with Crippen molar-refractivity contribution in [3.63, 3.8) is 0 Å². The Morgan fingerprint density at radius 2 is 1.88 bits per heavy atom. The maximum atomic E-state index is 12.3. The second-order valence-electron chi connectivity index (χ2n) is 5.93. The summed E-state index contributed by atoms with van der Waals surface area (Å²) in [6.07, 6.45) is 0. The molecule has 0 radical (unpaired) electrons. The second kappa shape index (κ2) is 7.97. The zero-order valence-corrected chi connectivity index (χ0v) is 16.4. The molecule has 1 heterocycles. The van der Waals surface area contributed by atoms with Crippen molar-refractivity contribution < 1.29 is 4.79 Å². The molecule has 0 aliphatic rings. The van der Waals surface area contributed by atoms with Gasteiger partial charge in [0.2, 0.25) is 5.16 Å². The highest BCUT2D eigenvalue weighted by molar-refractivity contribution is 9.10. The highest BCUT2D eigenvalue weighted by Crippen LogP contribution is 2.26. The number of benzene rings is 2. The summed E-state index contributed by atoms with van der Waals surface area (Å²) in [6, 6.07) is 15.6. The van der Waals surface area contributed by atoms with Gasteiger partial charge in [0, 0.05) is 15.6 Å². The van der Waals surface area contributed by atoms with Crippen LogP contribution in [0, 0.1) is 0 Å². The van der Waals surface area contributed by atoms with Gasteiger partial charge in [0.15, 0.2) is 11.6 Å². The smallest absolute Gasteiger partial charge is 0.209 e. The van der Waals surface area contributed by atoms with Crippen molar-refractivity contribution in [2.24, 2.45) is 0 Å². The average Bonchev–Trinajstić information content (AvgIpc) is 3.09. The number of ketones is 1. The van der Waals surface area contributed by atoms with Gasteiger partial charge in [-0.25, -0.2) is 4.98 Å². The van der Waals surface area contributed by atoms with E-state index in [1.54, 1.807) is 0 Å². The van der Waals surface area contributed by atoms with Crippen LogP contribution < -0.4 is 0 Å². The Morgan fingerprint density at radius 3 is 2.56 bits per heavy atom. The fourth-order valence-electron chi connectivity index (χ4n) is 2.35. The van der Waals surface area contributed by atoms with Crippen LogP contribution in [0.25, 0.3) is 11.4 Å². The van der Waals surface area contributed by atoms with Gasteiger partial charge in [-0.1, -0.05) is 84.0 Å². The molecule has 0 spiro atoms. The van der Waals surface area contributed by atoms with Crippen LogP contribution in [0.15, 0.2) is 58.2 Å². The number of hydrogen-bond acceptors (Lipinski definition) is 4. The van der Waals surface area contributed by atoms with Crippen molar-refractivity contribution in [2.75, 3.05) is 5.75 Å². The predicted octanol–water partition coefficient (Wildman–Crippen LogP) is 5.33. The Kier molecular flexibility index (Phi) is 5.71. The minimum absolute atomic E-state index is 0.0764. The molecule has 128 valence electrons. The number of thioether (sulfide) groups is 1. The molecule has 0 amide bonds. The van der Waals surface area contributed by atoms with E-state index >= 15 is 0 Å². The van der Waals surface area contributed by atoms with Crippen LogP contribution in [0.3, 0.4) is 0 Å². The van der Waals surface area contributed by atoms with Gasteiger partial charge in [-0.15, -0.1) is 5.10 Å². The normalized spacial score (nSPS) is 11.0. The number of hydrogen-bond donors (Lipinski definition) is 1. The number of nitrogens with zero attached hydrogens (tertiary/aromatic N) is 2. The monoisotopic (exact) mass is 415 g/mol. The fraction of sp³-hybridized carbons (Fsp3) is 0.211. The number of halogens is 1. The number of aromatic amines is 1. The maximum Gasteiger partial charge on any atom is 0.209 e. The SMILES string of the molecule is CC(C)c1ccc(C(=O)CSc2n[nH]c(-c3ccccc3Br)n2)cc1. The lowest BCUT2D eigenvalue weighted by molar-refractivity contribution is 0.102. The molecule has 3 aromatic rings. The van der Waals surface area contributed by atoms with Crippen LogP contribution in [-0.2, 0) is 0 Å². The summed E-state index contributed by atoms with van der Waals surface area (Å²) in [5, 5.41) is 7.68. The molecule has 0 saturated carbocycles.